The topological polar surface area (TPSA) is 26.0 Å². The Balaban J connectivity index is 1.81. The van der Waals surface area contributed by atoms with Crippen LogP contribution in [0.5, 0.6) is 0 Å². The van der Waals surface area contributed by atoms with Crippen molar-refractivity contribution in [3.05, 3.63) is 90.0 Å². The Morgan fingerprint density at radius 2 is 1.46 bits per heavy atom. The number of nitrogens with two attached hydrogens (primary N) is 1. The molecule has 0 radical (unpaired) electrons. The van der Waals surface area contributed by atoms with Crippen LogP contribution in [0.3, 0.4) is 0 Å². The van der Waals surface area contributed by atoms with E-state index in [9.17, 15) is 0 Å². The van der Waals surface area contributed by atoms with Gasteiger partial charge in [-0.05, 0) is 50.7 Å². The molecule has 2 N–H and O–H groups in total. The van der Waals surface area contributed by atoms with Crippen molar-refractivity contribution in [3.63, 3.8) is 0 Å². The smallest absolute Gasteiger partial charge is 0.0393 e. The number of rotatable bonds is 1. The van der Waals surface area contributed by atoms with Gasteiger partial charge in [-0.25, -0.2) is 0 Å². The summed E-state index contributed by atoms with van der Waals surface area (Å²) in [5.41, 5.74) is 14.8. The molecule has 4 aromatic rings. The number of hydrogen-bond acceptors (Lipinski definition) is 1. The number of anilines is 1. The molecule has 1 aliphatic rings. The molecule has 0 aromatic heterocycles. The fourth-order valence-electron chi connectivity index (χ4n) is 4.54. The van der Waals surface area contributed by atoms with Crippen molar-refractivity contribution in [1.82, 2.24) is 0 Å². The number of benzene rings is 4. The predicted octanol–water partition coefficient (Wildman–Crippen LogP) is 6.40. The summed E-state index contributed by atoms with van der Waals surface area (Å²) in [7, 11) is 0. The molecule has 0 unspecified atom stereocenters. The van der Waals surface area contributed by atoms with Crippen LogP contribution in [0, 0.1) is 0 Å². The molecule has 0 saturated carbocycles. The van der Waals surface area contributed by atoms with Gasteiger partial charge in [0.1, 0.15) is 0 Å². The van der Waals surface area contributed by atoms with Crippen molar-refractivity contribution in [3.8, 4) is 22.3 Å². The SMILES string of the molecule is CC1(C)c2ccc(-c3ccccc3N)cc2-c2ccc3ccccc3c21. The minimum Gasteiger partial charge on any atom is -0.398 e. The average molecular weight is 335 g/mol. The molecule has 0 heterocycles. The third-order valence-corrected chi connectivity index (χ3v) is 5.81. The normalized spacial score (nSPS) is 14.2. The van der Waals surface area contributed by atoms with Crippen molar-refractivity contribution in [2.75, 3.05) is 5.73 Å². The molecule has 0 atom stereocenters. The van der Waals surface area contributed by atoms with E-state index < -0.39 is 0 Å². The molecule has 5 rings (SSSR count). The largest absolute Gasteiger partial charge is 0.398 e. The highest BCUT2D eigenvalue weighted by Gasteiger charge is 2.36. The first-order valence-electron chi connectivity index (χ1n) is 9.09. The minimum absolute atomic E-state index is 0.00765. The van der Waals surface area contributed by atoms with Crippen molar-refractivity contribution in [1.29, 1.82) is 0 Å². The van der Waals surface area contributed by atoms with Crippen LogP contribution in [0.2, 0.25) is 0 Å². The fraction of sp³-hybridized carbons (Fsp3) is 0.120. The minimum atomic E-state index is -0.00765. The highest BCUT2D eigenvalue weighted by Crippen LogP contribution is 2.52. The summed E-state index contributed by atoms with van der Waals surface area (Å²) < 4.78 is 0. The average Bonchev–Trinajstić information content (AvgIpc) is 2.89. The first-order valence-corrected chi connectivity index (χ1v) is 9.09. The maximum atomic E-state index is 6.22. The lowest BCUT2D eigenvalue weighted by atomic mass is 9.80. The summed E-state index contributed by atoms with van der Waals surface area (Å²) in [6.07, 6.45) is 0. The molecule has 0 saturated heterocycles. The van der Waals surface area contributed by atoms with Crippen LogP contribution in [-0.4, -0.2) is 0 Å². The highest BCUT2D eigenvalue weighted by molar-refractivity contribution is 5.98. The predicted molar refractivity (Wildman–Crippen MR) is 111 cm³/mol. The summed E-state index contributed by atoms with van der Waals surface area (Å²) in [6.45, 7) is 4.67. The van der Waals surface area contributed by atoms with Gasteiger partial charge < -0.3 is 5.73 Å². The summed E-state index contributed by atoms with van der Waals surface area (Å²) in [5, 5.41) is 2.66. The zero-order chi connectivity index (χ0) is 17.9. The van der Waals surface area contributed by atoms with Gasteiger partial charge in [0.15, 0.2) is 0 Å². The van der Waals surface area contributed by atoms with Gasteiger partial charge in [-0.15, -0.1) is 0 Å². The lowest BCUT2D eigenvalue weighted by Gasteiger charge is -2.23. The van der Waals surface area contributed by atoms with Gasteiger partial charge in [0.2, 0.25) is 0 Å². The van der Waals surface area contributed by atoms with Crippen LogP contribution in [0.25, 0.3) is 33.0 Å². The molecule has 0 amide bonds. The first kappa shape index (κ1) is 15.2. The van der Waals surface area contributed by atoms with Crippen LogP contribution in [0.15, 0.2) is 78.9 Å². The molecule has 126 valence electrons. The van der Waals surface area contributed by atoms with E-state index in [0.717, 1.165) is 11.3 Å². The number of fused-ring (bicyclic) bond motifs is 5. The van der Waals surface area contributed by atoms with Gasteiger partial charge in [-0.1, -0.05) is 80.6 Å². The van der Waals surface area contributed by atoms with E-state index in [1.807, 2.05) is 18.2 Å². The molecule has 1 nitrogen and oxygen atoms in total. The van der Waals surface area contributed by atoms with Crippen LogP contribution in [0.4, 0.5) is 5.69 Å². The van der Waals surface area contributed by atoms with E-state index >= 15 is 0 Å². The Bertz CT molecular complexity index is 1170. The fourth-order valence-corrected chi connectivity index (χ4v) is 4.54. The molecular weight excluding hydrogens is 314 g/mol. The van der Waals surface area contributed by atoms with Gasteiger partial charge >= 0.3 is 0 Å². The summed E-state index contributed by atoms with van der Waals surface area (Å²) >= 11 is 0. The van der Waals surface area contributed by atoms with E-state index in [1.54, 1.807) is 0 Å². The first-order chi connectivity index (χ1) is 12.6. The molecule has 1 aliphatic carbocycles. The summed E-state index contributed by atoms with van der Waals surface area (Å²) in [4.78, 5) is 0. The monoisotopic (exact) mass is 335 g/mol. The van der Waals surface area contributed by atoms with E-state index in [1.165, 1.54) is 38.6 Å². The highest BCUT2D eigenvalue weighted by atomic mass is 14.6. The van der Waals surface area contributed by atoms with Crippen LogP contribution >= 0.6 is 0 Å². The maximum Gasteiger partial charge on any atom is 0.0393 e. The Hall–Kier alpha value is -3.06. The van der Waals surface area contributed by atoms with Crippen molar-refractivity contribution in [2.45, 2.75) is 19.3 Å². The van der Waals surface area contributed by atoms with E-state index in [2.05, 4.69) is 74.5 Å². The van der Waals surface area contributed by atoms with Crippen LogP contribution in [0.1, 0.15) is 25.0 Å². The lowest BCUT2D eigenvalue weighted by molar-refractivity contribution is 0.666. The van der Waals surface area contributed by atoms with Gasteiger partial charge in [-0.3, -0.25) is 0 Å². The van der Waals surface area contributed by atoms with Crippen LogP contribution in [-0.2, 0) is 5.41 Å². The van der Waals surface area contributed by atoms with Crippen LogP contribution < -0.4 is 5.73 Å². The van der Waals surface area contributed by atoms with Gasteiger partial charge in [0.25, 0.3) is 0 Å². The zero-order valence-electron chi connectivity index (χ0n) is 15.1. The summed E-state index contributed by atoms with van der Waals surface area (Å²) in [5.74, 6) is 0. The van der Waals surface area contributed by atoms with Crippen molar-refractivity contribution < 1.29 is 0 Å². The van der Waals surface area contributed by atoms with Gasteiger partial charge in [0, 0.05) is 16.7 Å². The second kappa shape index (κ2) is 5.22. The van der Waals surface area contributed by atoms with Gasteiger partial charge in [0.05, 0.1) is 0 Å². The molecular formula is C25H21N. The standard InChI is InChI=1S/C25H21N/c1-25(2)22-14-12-17(18-8-5-6-10-23(18)26)15-21(22)20-13-11-16-7-3-4-9-19(16)24(20)25/h3-15H,26H2,1-2H3. The number of nitrogen functional groups attached to an aromatic ring is 1. The van der Waals surface area contributed by atoms with Crippen molar-refractivity contribution in [2.24, 2.45) is 0 Å². The second-order valence-corrected chi connectivity index (χ2v) is 7.68. The molecule has 0 fully saturated rings. The Kier molecular flexibility index (Phi) is 3.05. The zero-order valence-corrected chi connectivity index (χ0v) is 15.1. The quantitative estimate of drug-likeness (QED) is 0.400. The molecule has 26 heavy (non-hydrogen) atoms. The van der Waals surface area contributed by atoms with E-state index in [0.29, 0.717) is 0 Å². The molecule has 0 aliphatic heterocycles. The second-order valence-electron chi connectivity index (χ2n) is 7.68. The summed E-state index contributed by atoms with van der Waals surface area (Å²) in [6, 6.07) is 28.1. The number of para-hydroxylation sites is 1. The molecule has 1 heteroatoms. The third-order valence-electron chi connectivity index (χ3n) is 5.81. The number of hydrogen-bond donors (Lipinski definition) is 1. The molecule has 0 spiro atoms. The third kappa shape index (κ3) is 1.97. The van der Waals surface area contributed by atoms with E-state index in [4.69, 9.17) is 5.73 Å². The molecule has 0 bridgehead atoms. The van der Waals surface area contributed by atoms with Crippen molar-refractivity contribution >= 4 is 16.5 Å². The van der Waals surface area contributed by atoms with E-state index in [-0.39, 0.29) is 5.41 Å². The lowest BCUT2D eigenvalue weighted by Crippen LogP contribution is -2.15. The Labute approximate surface area is 154 Å². The molecule has 4 aromatic carbocycles. The maximum absolute atomic E-state index is 6.22. The Morgan fingerprint density at radius 1 is 0.692 bits per heavy atom. The Morgan fingerprint density at radius 3 is 2.31 bits per heavy atom. The van der Waals surface area contributed by atoms with Gasteiger partial charge in [-0.2, -0.15) is 0 Å².